The van der Waals surface area contributed by atoms with Crippen LogP contribution in [-0.4, -0.2) is 13.2 Å². The summed E-state index contributed by atoms with van der Waals surface area (Å²) in [5.41, 5.74) is 1.95. The van der Waals surface area contributed by atoms with Gasteiger partial charge in [0.2, 0.25) is 0 Å². The molecule has 21 heavy (non-hydrogen) atoms. The molecule has 2 nitrogen and oxygen atoms in total. The molecule has 0 spiro atoms. The van der Waals surface area contributed by atoms with Gasteiger partial charge in [0.1, 0.15) is 17.4 Å². The number of halogens is 2. The summed E-state index contributed by atoms with van der Waals surface area (Å²) in [5, 5.41) is 3.43. The van der Waals surface area contributed by atoms with Gasteiger partial charge in [-0.3, -0.25) is 0 Å². The Kier molecular flexibility index (Phi) is 4.15. The van der Waals surface area contributed by atoms with Crippen molar-refractivity contribution in [3.05, 3.63) is 65.2 Å². The van der Waals surface area contributed by atoms with Gasteiger partial charge in [0.05, 0.1) is 6.61 Å². The zero-order chi connectivity index (χ0) is 14.7. The molecule has 1 N–H and O–H groups in total. The Morgan fingerprint density at radius 3 is 2.62 bits per heavy atom. The summed E-state index contributed by atoms with van der Waals surface area (Å²) in [6.45, 7) is 1.39. The van der Waals surface area contributed by atoms with Gasteiger partial charge in [-0.05, 0) is 48.9 Å². The summed E-state index contributed by atoms with van der Waals surface area (Å²) in [5.74, 6) is 0.284. The molecule has 0 bridgehead atoms. The Morgan fingerprint density at radius 2 is 1.81 bits per heavy atom. The van der Waals surface area contributed by atoms with Crippen molar-refractivity contribution in [3.8, 4) is 5.75 Å². The highest BCUT2D eigenvalue weighted by molar-refractivity contribution is 5.38. The van der Waals surface area contributed by atoms with Gasteiger partial charge in [-0.1, -0.05) is 12.1 Å². The summed E-state index contributed by atoms with van der Waals surface area (Å²) >= 11 is 0. The third-order valence-electron chi connectivity index (χ3n) is 3.73. The average Bonchev–Trinajstić information content (AvgIpc) is 2.50. The summed E-state index contributed by atoms with van der Waals surface area (Å²) < 4.78 is 31.8. The predicted molar refractivity (Wildman–Crippen MR) is 77.4 cm³/mol. The van der Waals surface area contributed by atoms with Crippen LogP contribution in [0.2, 0.25) is 0 Å². The number of hydrogen-bond acceptors (Lipinski definition) is 2. The maximum absolute atomic E-state index is 13.4. The largest absolute Gasteiger partial charge is 0.493 e. The molecule has 1 aliphatic heterocycles. The molecule has 4 heteroatoms. The van der Waals surface area contributed by atoms with Crippen LogP contribution in [0.5, 0.6) is 5.75 Å². The first-order valence-corrected chi connectivity index (χ1v) is 7.12. The van der Waals surface area contributed by atoms with Crippen LogP contribution in [0, 0.1) is 11.6 Å². The molecule has 2 aromatic carbocycles. The van der Waals surface area contributed by atoms with Gasteiger partial charge in [-0.2, -0.15) is 0 Å². The molecule has 3 rings (SSSR count). The van der Waals surface area contributed by atoms with E-state index in [2.05, 4.69) is 5.32 Å². The van der Waals surface area contributed by atoms with E-state index in [4.69, 9.17) is 4.74 Å². The zero-order valence-electron chi connectivity index (χ0n) is 11.6. The zero-order valence-corrected chi connectivity index (χ0v) is 11.6. The quantitative estimate of drug-likeness (QED) is 0.928. The maximum atomic E-state index is 13.4. The van der Waals surface area contributed by atoms with Gasteiger partial charge in [-0.25, -0.2) is 8.78 Å². The molecule has 0 radical (unpaired) electrons. The predicted octanol–water partition coefficient (Wildman–Crippen LogP) is 3.62. The maximum Gasteiger partial charge on any atom is 0.124 e. The van der Waals surface area contributed by atoms with E-state index in [1.807, 2.05) is 0 Å². The van der Waals surface area contributed by atoms with E-state index < -0.39 is 0 Å². The van der Waals surface area contributed by atoms with Gasteiger partial charge in [0.25, 0.3) is 0 Å². The number of benzene rings is 2. The van der Waals surface area contributed by atoms with Crippen LogP contribution >= 0.6 is 0 Å². The molecule has 0 saturated carbocycles. The number of ether oxygens (including phenoxy) is 1. The summed E-state index contributed by atoms with van der Waals surface area (Å²) in [6, 6.07) is 11.2. The van der Waals surface area contributed by atoms with E-state index in [9.17, 15) is 8.78 Å². The summed E-state index contributed by atoms with van der Waals surface area (Å²) in [4.78, 5) is 0. The van der Waals surface area contributed by atoms with Gasteiger partial charge in [-0.15, -0.1) is 0 Å². The topological polar surface area (TPSA) is 21.3 Å². The molecule has 1 heterocycles. The molecule has 0 amide bonds. The van der Waals surface area contributed by atoms with Crippen LogP contribution in [0.3, 0.4) is 0 Å². The molecule has 1 aliphatic rings. The van der Waals surface area contributed by atoms with Crippen molar-refractivity contribution in [2.24, 2.45) is 0 Å². The Labute approximate surface area is 122 Å². The lowest BCUT2D eigenvalue weighted by Gasteiger charge is -2.26. The van der Waals surface area contributed by atoms with Gasteiger partial charge in [0, 0.05) is 18.0 Å². The lowest BCUT2D eigenvalue weighted by molar-refractivity contribution is 0.252. The highest BCUT2D eigenvalue weighted by Crippen LogP contribution is 2.32. The fourth-order valence-corrected chi connectivity index (χ4v) is 2.62. The summed E-state index contributed by atoms with van der Waals surface area (Å²) in [7, 11) is 0. The Balaban J connectivity index is 1.61. The van der Waals surface area contributed by atoms with E-state index in [-0.39, 0.29) is 17.7 Å². The molecule has 110 valence electrons. The van der Waals surface area contributed by atoms with E-state index >= 15 is 0 Å². The Morgan fingerprint density at radius 1 is 1.05 bits per heavy atom. The first-order valence-electron chi connectivity index (χ1n) is 7.12. The van der Waals surface area contributed by atoms with Crippen molar-refractivity contribution in [1.29, 1.82) is 0 Å². The smallest absolute Gasteiger partial charge is 0.124 e. The Bertz CT molecular complexity index is 613. The molecule has 2 aromatic rings. The second kappa shape index (κ2) is 6.22. The highest BCUT2D eigenvalue weighted by atomic mass is 19.1. The van der Waals surface area contributed by atoms with E-state index in [1.165, 1.54) is 24.3 Å². The molecular weight excluding hydrogens is 272 g/mol. The van der Waals surface area contributed by atoms with Crippen LogP contribution in [0.1, 0.15) is 23.6 Å². The number of hydrogen-bond donors (Lipinski definition) is 1. The van der Waals surface area contributed by atoms with Crippen LogP contribution in [0.25, 0.3) is 0 Å². The van der Waals surface area contributed by atoms with Crippen LogP contribution < -0.4 is 10.1 Å². The summed E-state index contributed by atoms with van der Waals surface area (Å²) in [6.07, 6.45) is 1.63. The van der Waals surface area contributed by atoms with Crippen molar-refractivity contribution in [2.75, 3.05) is 13.2 Å². The minimum atomic E-state index is -0.246. The third kappa shape index (κ3) is 3.39. The second-order valence-corrected chi connectivity index (χ2v) is 5.20. The van der Waals surface area contributed by atoms with E-state index in [1.54, 1.807) is 18.2 Å². The van der Waals surface area contributed by atoms with Gasteiger partial charge < -0.3 is 10.1 Å². The lowest BCUT2D eigenvalue weighted by atomic mass is 10.00. The minimum absolute atomic E-state index is 0.102. The second-order valence-electron chi connectivity index (χ2n) is 5.20. The molecule has 1 atom stereocenters. The molecule has 0 fully saturated rings. The standard InChI is InChI=1S/C17H17F2NO/c18-13-3-1-12(2-4-13)7-9-20-16-8-10-21-17-6-5-14(19)11-15(16)17/h1-6,11,16,20H,7-10H2. The van der Waals surface area contributed by atoms with Gasteiger partial charge >= 0.3 is 0 Å². The lowest BCUT2D eigenvalue weighted by Crippen LogP contribution is -2.28. The average molecular weight is 289 g/mol. The van der Waals surface area contributed by atoms with Crippen LogP contribution in [0.15, 0.2) is 42.5 Å². The fraction of sp³-hybridized carbons (Fsp3) is 0.294. The number of nitrogens with one attached hydrogen (secondary N) is 1. The fourth-order valence-electron chi connectivity index (χ4n) is 2.62. The van der Waals surface area contributed by atoms with Crippen molar-refractivity contribution < 1.29 is 13.5 Å². The van der Waals surface area contributed by atoms with Crippen molar-refractivity contribution >= 4 is 0 Å². The Hall–Kier alpha value is -1.94. The monoisotopic (exact) mass is 289 g/mol. The first kappa shape index (κ1) is 14.0. The van der Waals surface area contributed by atoms with Crippen LogP contribution in [0.4, 0.5) is 8.78 Å². The molecule has 0 saturated heterocycles. The highest BCUT2D eigenvalue weighted by Gasteiger charge is 2.21. The molecule has 1 unspecified atom stereocenters. The van der Waals surface area contributed by atoms with Crippen molar-refractivity contribution in [3.63, 3.8) is 0 Å². The number of fused-ring (bicyclic) bond motifs is 1. The SMILES string of the molecule is Fc1ccc(CCNC2CCOc3ccc(F)cc32)cc1. The van der Waals surface area contributed by atoms with Crippen LogP contribution in [-0.2, 0) is 6.42 Å². The molecule has 0 aliphatic carbocycles. The van der Waals surface area contributed by atoms with E-state index in [0.717, 1.165) is 36.3 Å². The number of rotatable bonds is 4. The minimum Gasteiger partial charge on any atom is -0.493 e. The third-order valence-corrected chi connectivity index (χ3v) is 3.73. The van der Waals surface area contributed by atoms with Crippen molar-refractivity contribution in [2.45, 2.75) is 18.9 Å². The normalized spacial score (nSPS) is 17.1. The van der Waals surface area contributed by atoms with Crippen molar-refractivity contribution in [1.82, 2.24) is 5.32 Å². The molecular formula is C17H17F2NO. The van der Waals surface area contributed by atoms with Gasteiger partial charge in [0.15, 0.2) is 0 Å². The molecule has 0 aromatic heterocycles. The first-order chi connectivity index (χ1) is 10.2. The van der Waals surface area contributed by atoms with E-state index in [0.29, 0.717) is 6.61 Å².